The van der Waals surface area contributed by atoms with E-state index in [1.165, 1.54) is 11.3 Å². The summed E-state index contributed by atoms with van der Waals surface area (Å²) in [7, 11) is 0. The lowest BCUT2D eigenvalue weighted by atomic mass is 10.2. The molecule has 2 aromatic heterocycles. The molecule has 2 aromatic carbocycles. The molecule has 0 bridgehead atoms. The second kappa shape index (κ2) is 7.05. The lowest BCUT2D eigenvalue weighted by Gasteiger charge is -2.04. The molecule has 1 N–H and O–H groups in total. The van der Waals surface area contributed by atoms with Crippen molar-refractivity contribution in [2.24, 2.45) is 0 Å². The molecule has 4 nitrogen and oxygen atoms in total. The van der Waals surface area contributed by atoms with Crippen molar-refractivity contribution in [3.63, 3.8) is 0 Å². The molecular formula is C20H16BrN3OS. The number of carbonyl (C=O) groups excluding carboxylic acids is 1. The van der Waals surface area contributed by atoms with Crippen LogP contribution in [0.1, 0.15) is 20.9 Å². The molecule has 1 amide bonds. The number of hydrogen-bond acceptors (Lipinski definition) is 3. The van der Waals surface area contributed by atoms with Crippen molar-refractivity contribution in [1.82, 2.24) is 15.1 Å². The number of nitrogens with zero attached hydrogens (tertiary/aromatic N) is 2. The number of amides is 1. The summed E-state index contributed by atoms with van der Waals surface area (Å²) >= 11 is 4.92. The van der Waals surface area contributed by atoms with E-state index in [9.17, 15) is 4.79 Å². The van der Waals surface area contributed by atoms with E-state index in [1.807, 2.05) is 72.3 Å². The fraction of sp³-hybridized carbons (Fsp3) is 0.100. The summed E-state index contributed by atoms with van der Waals surface area (Å²) in [4.78, 5) is 14.2. The molecule has 2 heterocycles. The van der Waals surface area contributed by atoms with E-state index in [0.29, 0.717) is 11.4 Å². The zero-order valence-corrected chi connectivity index (χ0v) is 16.5. The summed E-state index contributed by atoms with van der Waals surface area (Å²) in [6, 6.07) is 19.8. The predicted octanol–water partition coefficient (Wildman–Crippen LogP) is 5.09. The van der Waals surface area contributed by atoms with Gasteiger partial charge < -0.3 is 5.32 Å². The molecule has 6 heteroatoms. The molecule has 0 aliphatic heterocycles. The number of hydrogen-bond donors (Lipinski definition) is 1. The van der Waals surface area contributed by atoms with Crippen molar-refractivity contribution in [2.45, 2.75) is 13.5 Å². The second-order valence-corrected chi connectivity index (χ2v) is 7.92. The van der Waals surface area contributed by atoms with Gasteiger partial charge in [0.2, 0.25) is 0 Å². The molecule has 130 valence electrons. The number of aryl methyl sites for hydroxylation is 1. The highest BCUT2D eigenvalue weighted by molar-refractivity contribution is 9.10. The molecule has 0 atom stereocenters. The Morgan fingerprint density at radius 2 is 1.88 bits per heavy atom. The molecule has 0 spiro atoms. The van der Waals surface area contributed by atoms with Gasteiger partial charge in [-0.2, -0.15) is 5.10 Å². The van der Waals surface area contributed by atoms with Gasteiger partial charge in [-0.05, 0) is 42.8 Å². The van der Waals surface area contributed by atoms with Crippen molar-refractivity contribution in [1.29, 1.82) is 0 Å². The number of thiophene rings is 1. The highest BCUT2D eigenvalue weighted by atomic mass is 79.9. The van der Waals surface area contributed by atoms with Crippen molar-refractivity contribution in [3.05, 3.63) is 81.3 Å². The molecule has 4 rings (SSSR count). The van der Waals surface area contributed by atoms with Crippen LogP contribution in [-0.2, 0) is 6.54 Å². The van der Waals surface area contributed by atoms with E-state index in [1.54, 1.807) is 0 Å². The van der Waals surface area contributed by atoms with Crippen LogP contribution in [0.5, 0.6) is 0 Å². The maximum atomic E-state index is 12.6. The number of nitrogens with one attached hydrogen (secondary N) is 1. The third-order valence-electron chi connectivity index (χ3n) is 4.14. The number of benzene rings is 2. The smallest absolute Gasteiger partial charge is 0.261 e. The fourth-order valence-electron chi connectivity index (χ4n) is 2.78. The van der Waals surface area contributed by atoms with E-state index in [2.05, 4.69) is 26.3 Å². The predicted molar refractivity (Wildman–Crippen MR) is 109 cm³/mol. The van der Waals surface area contributed by atoms with E-state index in [0.717, 1.165) is 31.6 Å². The average molecular weight is 426 g/mol. The summed E-state index contributed by atoms with van der Waals surface area (Å²) in [5.41, 5.74) is 2.98. The van der Waals surface area contributed by atoms with Crippen LogP contribution in [0.25, 0.3) is 15.9 Å². The first kappa shape index (κ1) is 17.0. The van der Waals surface area contributed by atoms with Gasteiger partial charge >= 0.3 is 0 Å². The Morgan fingerprint density at radius 3 is 2.62 bits per heavy atom. The second-order valence-electron chi connectivity index (χ2n) is 5.97. The van der Waals surface area contributed by atoms with Gasteiger partial charge in [-0.25, -0.2) is 4.68 Å². The minimum atomic E-state index is -0.0585. The van der Waals surface area contributed by atoms with Crippen LogP contribution in [0.2, 0.25) is 0 Å². The topological polar surface area (TPSA) is 46.9 Å². The van der Waals surface area contributed by atoms with Gasteiger partial charge in [0.15, 0.2) is 0 Å². The van der Waals surface area contributed by atoms with Crippen LogP contribution in [0, 0.1) is 6.92 Å². The van der Waals surface area contributed by atoms with Crippen LogP contribution in [0.15, 0.2) is 65.1 Å². The van der Waals surface area contributed by atoms with E-state index >= 15 is 0 Å². The molecule has 26 heavy (non-hydrogen) atoms. The number of carbonyl (C=O) groups is 1. The summed E-state index contributed by atoms with van der Waals surface area (Å²) in [5.74, 6) is -0.0585. The standard InChI is InChI=1S/C20H16BrN3OS/c1-13-17-11-18(19(25)22-12-14-5-3-2-4-6-14)26-20(17)24(23-13)16-9-7-15(21)8-10-16/h2-11H,12H2,1H3,(H,22,25). The largest absolute Gasteiger partial charge is 0.347 e. The lowest BCUT2D eigenvalue weighted by molar-refractivity contribution is 0.0955. The molecule has 0 fully saturated rings. The zero-order chi connectivity index (χ0) is 18.1. The van der Waals surface area contributed by atoms with Gasteiger partial charge in [-0.1, -0.05) is 46.3 Å². The molecule has 0 saturated heterocycles. The molecular weight excluding hydrogens is 410 g/mol. The zero-order valence-electron chi connectivity index (χ0n) is 14.1. The van der Waals surface area contributed by atoms with Gasteiger partial charge in [-0.3, -0.25) is 4.79 Å². The summed E-state index contributed by atoms with van der Waals surface area (Å²) in [6.07, 6.45) is 0. The normalized spacial score (nSPS) is 11.0. The van der Waals surface area contributed by atoms with Gasteiger partial charge in [0.1, 0.15) is 4.83 Å². The lowest BCUT2D eigenvalue weighted by Crippen LogP contribution is -2.21. The number of rotatable bonds is 4. The molecule has 0 aliphatic carbocycles. The highest BCUT2D eigenvalue weighted by Crippen LogP contribution is 2.30. The van der Waals surface area contributed by atoms with Crippen LogP contribution in [0.3, 0.4) is 0 Å². The van der Waals surface area contributed by atoms with Gasteiger partial charge in [0.25, 0.3) is 5.91 Å². The molecule has 4 aromatic rings. The van der Waals surface area contributed by atoms with Crippen LogP contribution >= 0.6 is 27.3 Å². The first-order chi connectivity index (χ1) is 12.6. The molecule has 0 saturated carbocycles. The third kappa shape index (κ3) is 3.30. The Bertz CT molecular complexity index is 1070. The van der Waals surface area contributed by atoms with Gasteiger partial charge in [0, 0.05) is 16.4 Å². The minimum absolute atomic E-state index is 0.0585. The fourth-order valence-corrected chi connectivity index (χ4v) is 4.15. The highest BCUT2D eigenvalue weighted by Gasteiger charge is 2.17. The van der Waals surface area contributed by atoms with Crippen molar-refractivity contribution in [2.75, 3.05) is 0 Å². The Balaban J connectivity index is 1.62. The summed E-state index contributed by atoms with van der Waals surface area (Å²) in [5, 5.41) is 8.63. The first-order valence-electron chi connectivity index (χ1n) is 8.19. The molecule has 0 aliphatic rings. The Morgan fingerprint density at radius 1 is 1.15 bits per heavy atom. The maximum absolute atomic E-state index is 12.6. The van der Waals surface area contributed by atoms with Crippen molar-refractivity contribution in [3.8, 4) is 5.69 Å². The van der Waals surface area contributed by atoms with Gasteiger partial charge in [-0.15, -0.1) is 11.3 Å². The number of fused-ring (bicyclic) bond motifs is 1. The quantitative estimate of drug-likeness (QED) is 0.494. The summed E-state index contributed by atoms with van der Waals surface area (Å²) < 4.78 is 2.92. The minimum Gasteiger partial charge on any atom is -0.347 e. The Labute approximate surface area is 163 Å². The Hall–Kier alpha value is -2.44. The van der Waals surface area contributed by atoms with E-state index in [-0.39, 0.29) is 5.91 Å². The first-order valence-corrected chi connectivity index (χ1v) is 9.80. The van der Waals surface area contributed by atoms with Crippen LogP contribution in [0.4, 0.5) is 0 Å². The Kier molecular flexibility index (Phi) is 4.61. The molecule has 0 radical (unpaired) electrons. The van der Waals surface area contributed by atoms with Gasteiger partial charge in [0.05, 0.1) is 16.3 Å². The SMILES string of the molecule is Cc1nn(-c2ccc(Br)cc2)c2sc(C(=O)NCc3ccccc3)cc12. The number of halogens is 1. The monoisotopic (exact) mass is 425 g/mol. The third-order valence-corrected chi connectivity index (χ3v) is 5.77. The van der Waals surface area contributed by atoms with Crippen LogP contribution < -0.4 is 5.32 Å². The van der Waals surface area contributed by atoms with E-state index in [4.69, 9.17) is 0 Å². The van der Waals surface area contributed by atoms with Crippen molar-refractivity contribution < 1.29 is 4.79 Å². The van der Waals surface area contributed by atoms with Crippen LogP contribution in [-0.4, -0.2) is 15.7 Å². The average Bonchev–Trinajstić information content (AvgIpc) is 3.22. The molecule has 0 unspecified atom stereocenters. The number of aromatic nitrogens is 2. The summed E-state index contributed by atoms with van der Waals surface area (Å²) in [6.45, 7) is 2.49. The van der Waals surface area contributed by atoms with E-state index < -0.39 is 0 Å². The maximum Gasteiger partial charge on any atom is 0.261 e. The van der Waals surface area contributed by atoms with Crippen molar-refractivity contribution >= 4 is 43.4 Å².